The fraction of sp³-hybridized carbons (Fsp3) is 0.462. The van der Waals surface area contributed by atoms with Crippen LogP contribution < -0.4 is 5.32 Å². The molecule has 2 aromatic heterocycles. The van der Waals surface area contributed by atoms with Crippen molar-refractivity contribution in [2.24, 2.45) is 0 Å². The van der Waals surface area contributed by atoms with Crippen molar-refractivity contribution in [3.05, 3.63) is 41.5 Å². The topological polar surface area (TPSA) is 43.0 Å². The van der Waals surface area contributed by atoms with E-state index in [2.05, 4.69) is 47.3 Å². The Morgan fingerprint density at radius 2 is 2.35 bits per heavy atom. The second-order valence-electron chi connectivity index (χ2n) is 4.33. The molecule has 2 rings (SSSR count). The van der Waals surface area contributed by atoms with Crippen LogP contribution in [0.5, 0.6) is 0 Å². The van der Waals surface area contributed by atoms with E-state index in [1.807, 2.05) is 13.0 Å². The monoisotopic (exact) mass is 233 g/mol. The van der Waals surface area contributed by atoms with Crippen molar-refractivity contribution in [2.45, 2.75) is 33.4 Å². The molecule has 17 heavy (non-hydrogen) atoms. The van der Waals surface area contributed by atoms with E-state index in [9.17, 15) is 0 Å². The second kappa shape index (κ2) is 5.19. The highest BCUT2D eigenvalue weighted by atomic mass is 16.5. The molecule has 0 saturated carbocycles. The van der Waals surface area contributed by atoms with Gasteiger partial charge in [-0.2, -0.15) is 0 Å². The predicted octanol–water partition coefficient (Wildman–Crippen LogP) is 2.50. The van der Waals surface area contributed by atoms with E-state index >= 15 is 0 Å². The molecule has 0 fully saturated rings. The highest BCUT2D eigenvalue weighted by Crippen LogP contribution is 2.14. The first-order chi connectivity index (χ1) is 8.19. The summed E-state index contributed by atoms with van der Waals surface area (Å²) in [7, 11) is 0. The number of rotatable bonds is 5. The van der Waals surface area contributed by atoms with Gasteiger partial charge in [-0.15, -0.1) is 0 Å². The Morgan fingerprint density at radius 1 is 1.53 bits per heavy atom. The van der Waals surface area contributed by atoms with E-state index in [0.717, 1.165) is 24.5 Å². The van der Waals surface area contributed by atoms with Gasteiger partial charge in [0.1, 0.15) is 0 Å². The van der Waals surface area contributed by atoms with Crippen LogP contribution in [0.1, 0.15) is 36.9 Å². The first-order valence-corrected chi connectivity index (χ1v) is 6.00. The quantitative estimate of drug-likeness (QED) is 0.862. The molecule has 1 unspecified atom stereocenters. The molecule has 0 bridgehead atoms. The fourth-order valence-corrected chi connectivity index (χ4v) is 1.91. The van der Waals surface area contributed by atoms with Gasteiger partial charge in [0.05, 0.1) is 12.2 Å². The average molecular weight is 233 g/mol. The van der Waals surface area contributed by atoms with E-state index in [0.29, 0.717) is 6.04 Å². The molecule has 1 atom stereocenters. The van der Waals surface area contributed by atoms with Gasteiger partial charge in [0.25, 0.3) is 0 Å². The Morgan fingerprint density at radius 3 is 3.00 bits per heavy atom. The molecular formula is C13H19N3O. The van der Waals surface area contributed by atoms with E-state index in [4.69, 9.17) is 4.52 Å². The normalized spacial score (nSPS) is 12.9. The Bertz CT molecular complexity index is 472. The molecule has 0 saturated heterocycles. The van der Waals surface area contributed by atoms with Crippen molar-refractivity contribution in [3.63, 3.8) is 0 Å². The Kier molecular flexibility index (Phi) is 3.64. The summed E-state index contributed by atoms with van der Waals surface area (Å²) < 4.78 is 7.31. The van der Waals surface area contributed by atoms with Gasteiger partial charge in [-0.05, 0) is 32.0 Å². The van der Waals surface area contributed by atoms with Crippen LogP contribution in [0.3, 0.4) is 0 Å². The van der Waals surface area contributed by atoms with E-state index in [1.165, 1.54) is 5.56 Å². The molecular weight excluding hydrogens is 214 g/mol. The van der Waals surface area contributed by atoms with Gasteiger partial charge < -0.3 is 14.4 Å². The summed E-state index contributed by atoms with van der Waals surface area (Å²) in [6, 6.07) is 4.49. The summed E-state index contributed by atoms with van der Waals surface area (Å²) in [4.78, 5) is 0. The van der Waals surface area contributed by atoms with Gasteiger partial charge in [-0.3, -0.25) is 0 Å². The molecule has 0 amide bonds. The number of hydrogen-bond acceptors (Lipinski definition) is 3. The highest BCUT2D eigenvalue weighted by Gasteiger charge is 2.07. The molecule has 0 aliphatic heterocycles. The van der Waals surface area contributed by atoms with Crippen LogP contribution in [0.25, 0.3) is 0 Å². The molecule has 0 radical (unpaired) electrons. The van der Waals surface area contributed by atoms with Crippen molar-refractivity contribution in [1.29, 1.82) is 0 Å². The molecule has 92 valence electrons. The van der Waals surface area contributed by atoms with Crippen LogP contribution in [-0.2, 0) is 6.54 Å². The summed E-state index contributed by atoms with van der Waals surface area (Å²) in [6.07, 6.45) is 4.21. The third kappa shape index (κ3) is 2.97. The van der Waals surface area contributed by atoms with Crippen molar-refractivity contribution in [1.82, 2.24) is 15.0 Å². The minimum absolute atomic E-state index is 0.387. The minimum atomic E-state index is 0.387. The Balaban J connectivity index is 2.03. The molecule has 4 nitrogen and oxygen atoms in total. The number of hydrogen-bond donors (Lipinski definition) is 1. The number of aromatic nitrogens is 2. The van der Waals surface area contributed by atoms with Crippen LogP contribution in [0.4, 0.5) is 0 Å². The smallest absolute Gasteiger partial charge is 0.156 e. The van der Waals surface area contributed by atoms with Crippen LogP contribution >= 0.6 is 0 Å². The predicted molar refractivity (Wildman–Crippen MR) is 66.9 cm³/mol. The van der Waals surface area contributed by atoms with Gasteiger partial charge in [0, 0.05) is 24.5 Å². The SMILES string of the molecule is CCNC(C)c1ccn(Cc2cc(C)no2)c1. The second-order valence-corrected chi connectivity index (χ2v) is 4.33. The Labute approximate surface area is 102 Å². The van der Waals surface area contributed by atoms with Gasteiger partial charge in [0.2, 0.25) is 0 Å². The largest absolute Gasteiger partial charge is 0.359 e. The van der Waals surface area contributed by atoms with Gasteiger partial charge in [0.15, 0.2) is 5.76 Å². The first kappa shape index (κ1) is 11.9. The maximum Gasteiger partial charge on any atom is 0.156 e. The van der Waals surface area contributed by atoms with Crippen LogP contribution in [0, 0.1) is 6.92 Å². The lowest BCUT2D eigenvalue weighted by atomic mass is 10.2. The summed E-state index contributed by atoms with van der Waals surface area (Å²) in [5, 5.41) is 7.28. The Hall–Kier alpha value is -1.55. The van der Waals surface area contributed by atoms with E-state index < -0.39 is 0 Å². The number of nitrogens with one attached hydrogen (secondary N) is 1. The lowest BCUT2D eigenvalue weighted by molar-refractivity contribution is 0.373. The van der Waals surface area contributed by atoms with Crippen LogP contribution in [0.2, 0.25) is 0 Å². The lowest BCUT2D eigenvalue weighted by Gasteiger charge is -2.09. The molecule has 0 aromatic carbocycles. The maximum absolute atomic E-state index is 5.20. The summed E-state index contributed by atoms with van der Waals surface area (Å²) >= 11 is 0. The minimum Gasteiger partial charge on any atom is -0.359 e. The van der Waals surface area contributed by atoms with Crippen LogP contribution in [-0.4, -0.2) is 16.3 Å². The molecule has 2 heterocycles. The zero-order chi connectivity index (χ0) is 12.3. The first-order valence-electron chi connectivity index (χ1n) is 6.00. The average Bonchev–Trinajstić information content (AvgIpc) is 2.89. The molecule has 1 N–H and O–H groups in total. The fourth-order valence-electron chi connectivity index (χ4n) is 1.91. The zero-order valence-corrected chi connectivity index (χ0v) is 10.6. The number of aryl methyl sites for hydroxylation is 1. The lowest BCUT2D eigenvalue weighted by Crippen LogP contribution is -2.17. The van der Waals surface area contributed by atoms with Crippen molar-refractivity contribution in [3.8, 4) is 0 Å². The van der Waals surface area contributed by atoms with E-state index in [-0.39, 0.29) is 0 Å². The van der Waals surface area contributed by atoms with E-state index in [1.54, 1.807) is 0 Å². The van der Waals surface area contributed by atoms with Crippen LogP contribution in [0.15, 0.2) is 29.0 Å². The van der Waals surface area contributed by atoms with Gasteiger partial charge in [-0.25, -0.2) is 0 Å². The molecule has 0 aliphatic carbocycles. The standard InChI is InChI=1S/C13H19N3O/c1-4-14-11(3)12-5-6-16(8-12)9-13-7-10(2)15-17-13/h5-8,11,14H,4,9H2,1-3H3. The third-order valence-electron chi connectivity index (χ3n) is 2.80. The maximum atomic E-state index is 5.20. The van der Waals surface area contributed by atoms with Crippen molar-refractivity contribution in [2.75, 3.05) is 6.54 Å². The van der Waals surface area contributed by atoms with Gasteiger partial charge >= 0.3 is 0 Å². The number of nitrogens with zero attached hydrogens (tertiary/aromatic N) is 2. The molecule has 4 heteroatoms. The summed E-state index contributed by atoms with van der Waals surface area (Å²) in [5.41, 5.74) is 2.22. The molecule has 0 spiro atoms. The molecule has 2 aromatic rings. The molecule has 0 aliphatic rings. The highest BCUT2D eigenvalue weighted by molar-refractivity contribution is 5.16. The third-order valence-corrected chi connectivity index (χ3v) is 2.80. The zero-order valence-electron chi connectivity index (χ0n) is 10.6. The summed E-state index contributed by atoms with van der Waals surface area (Å²) in [5.74, 6) is 0.890. The summed E-state index contributed by atoms with van der Waals surface area (Å²) in [6.45, 7) is 7.93. The van der Waals surface area contributed by atoms with Crippen molar-refractivity contribution < 1.29 is 4.52 Å². The van der Waals surface area contributed by atoms with Crippen molar-refractivity contribution >= 4 is 0 Å². The van der Waals surface area contributed by atoms with Gasteiger partial charge in [-0.1, -0.05) is 12.1 Å².